The highest BCUT2D eigenvalue weighted by molar-refractivity contribution is 5.27. The summed E-state index contributed by atoms with van der Waals surface area (Å²) >= 11 is 0. The average Bonchev–Trinajstić information content (AvgIpc) is 2.12. The van der Waals surface area contributed by atoms with Crippen molar-refractivity contribution in [2.24, 2.45) is 5.73 Å². The molecule has 0 fully saturated rings. The van der Waals surface area contributed by atoms with Gasteiger partial charge in [-0.2, -0.15) is 13.2 Å². The van der Waals surface area contributed by atoms with E-state index >= 15 is 0 Å². The van der Waals surface area contributed by atoms with E-state index in [9.17, 15) is 13.2 Å². The minimum Gasteiger partial charge on any atom is -0.508 e. The molecule has 1 atom stereocenters. The predicted octanol–water partition coefficient (Wildman–Crippen LogP) is 2.21. The second-order valence-corrected chi connectivity index (χ2v) is 3.36. The zero-order chi connectivity index (χ0) is 11.5. The third-order valence-electron chi connectivity index (χ3n) is 2.08. The summed E-state index contributed by atoms with van der Waals surface area (Å²) in [5.41, 5.74) is 5.60. The van der Waals surface area contributed by atoms with Crippen molar-refractivity contribution in [1.82, 2.24) is 0 Å². The molecular weight excluding hydrogens is 207 g/mol. The fourth-order valence-electron chi connectivity index (χ4n) is 1.20. The van der Waals surface area contributed by atoms with Crippen LogP contribution in [0.5, 0.6) is 5.75 Å². The fraction of sp³-hybridized carbons (Fsp3) is 0.400. The minimum atomic E-state index is -4.35. The lowest BCUT2D eigenvalue weighted by molar-refractivity contribution is -0.148. The fourth-order valence-corrected chi connectivity index (χ4v) is 1.20. The molecule has 15 heavy (non-hydrogen) atoms. The smallest absolute Gasteiger partial charge is 0.403 e. The summed E-state index contributed by atoms with van der Waals surface area (Å²) in [7, 11) is 0. The number of nitrogens with two attached hydrogens (primary N) is 1. The molecule has 2 nitrogen and oxygen atoms in total. The summed E-state index contributed by atoms with van der Waals surface area (Å²) < 4.78 is 36.2. The van der Waals surface area contributed by atoms with Crippen molar-refractivity contribution in [3.8, 4) is 5.75 Å². The van der Waals surface area contributed by atoms with Crippen molar-refractivity contribution < 1.29 is 18.3 Å². The maximum absolute atomic E-state index is 12.1. The number of rotatable bonds is 3. The van der Waals surface area contributed by atoms with E-state index in [0.29, 0.717) is 5.56 Å². The SMILES string of the molecule is NC(CCc1cccc(O)c1)C(F)(F)F. The van der Waals surface area contributed by atoms with Gasteiger partial charge in [0, 0.05) is 0 Å². The van der Waals surface area contributed by atoms with Gasteiger partial charge in [-0.1, -0.05) is 12.1 Å². The largest absolute Gasteiger partial charge is 0.508 e. The summed E-state index contributed by atoms with van der Waals surface area (Å²) in [6, 6.07) is 4.34. The van der Waals surface area contributed by atoms with E-state index in [1.54, 1.807) is 12.1 Å². The normalized spacial score (nSPS) is 13.9. The molecule has 5 heteroatoms. The van der Waals surface area contributed by atoms with Crippen LogP contribution in [-0.2, 0) is 6.42 Å². The van der Waals surface area contributed by atoms with Crippen LogP contribution in [0.4, 0.5) is 13.2 Å². The predicted molar refractivity (Wildman–Crippen MR) is 50.5 cm³/mol. The van der Waals surface area contributed by atoms with Gasteiger partial charge in [-0.25, -0.2) is 0 Å². The molecule has 1 rings (SSSR count). The maximum Gasteiger partial charge on any atom is 0.403 e. The summed E-state index contributed by atoms with van der Waals surface area (Å²) in [6.07, 6.45) is -4.32. The molecule has 1 unspecified atom stereocenters. The van der Waals surface area contributed by atoms with Crippen molar-refractivity contribution in [2.75, 3.05) is 0 Å². The molecule has 84 valence electrons. The van der Waals surface area contributed by atoms with Crippen LogP contribution in [0.25, 0.3) is 0 Å². The first-order valence-corrected chi connectivity index (χ1v) is 4.50. The van der Waals surface area contributed by atoms with Crippen LogP contribution in [0, 0.1) is 0 Å². The molecule has 0 aliphatic rings. The van der Waals surface area contributed by atoms with E-state index in [1.807, 2.05) is 0 Å². The number of hydrogen-bond donors (Lipinski definition) is 2. The number of phenols is 1. The number of hydrogen-bond acceptors (Lipinski definition) is 2. The standard InChI is InChI=1S/C10H12F3NO/c11-10(12,13)9(14)5-4-7-2-1-3-8(15)6-7/h1-3,6,9,15H,4-5,14H2. The first-order valence-electron chi connectivity index (χ1n) is 4.50. The van der Waals surface area contributed by atoms with Gasteiger partial charge in [-0.3, -0.25) is 0 Å². The summed E-state index contributed by atoms with van der Waals surface area (Å²) in [5.74, 6) is 0.0491. The van der Waals surface area contributed by atoms with Crippen LogP contribution in [0.1, 0.15) is 12.0 Å². The van der Waals surface area contributed by atoms with Gasteiger partial charge in [0.05, 0.1) is 0 Å². The lowest BCUT2D eigenvalue weighted by Crippen LogP contribution is -2.37. The Morgan fingerprint density at radius 2 is 2.00 bits per heavy atom. The van der Waals surface area contributed by atoms with E-state index in [4.69, 9.17) is 10.8 Å². The number of benzene rings is 1. The van der Waals surface area contributed by atoms with Crippen LogP contribution in [0.2, 0.25) is 0 Å². The molecule has 1 aromatic rings. The molecule has 0 aliphatic carbocycles. The van der Waals surface area contributed by atoms with Crippen LogP contribution >= 0.6 is 0 Å². The van der Waals surface area contributed by atoms with Crippen molar-refractivity contribution in [2.45, 2.75) is 25.1 Å². The van der Waals surface area contributed by atoms with Gasteiger partial charge in [0.1, 0.15) is 11.8 Å². The Morgan fingerprint density at radius 3 is 2.53 bits per heavy atom. The van der Waals surface area contributed by atoms with E-state index < -0.39 is 12.2 Å². The molecule has 3 N–H and O–H groups in total. The first-order chi connectivity index (χ1) is 6.89. The van der Waals surface area contributed by atoms with Crippen LogP contribution in [0.15, 0.2) is 24.3 Å². The molecule has 0 spiro atoms. The highest BCUT2D eigenvalue weighted by Crippen LogP contribution is 2.22. The molecule has 0 radical (unpaired) electrons. The summed E-state index contributed by atoms with van der Waals surface area (Å²) in [5, 5.41) is 9.08. The third kappa shape index (κ3) is 3.79. The van der Waals surface area contributed by atoms with Gasteiger partial charge < -0.3 is 10.8 Å². The Kier molecular flexibility index (Phi) is 3.57. The number of phenolic OH excluding ortho intramolecular Hbond substituents is 1. The molecule has 0 bridgehead atoms. The monoisotopic (exact) mass is 219 g/mol. The van der Waals surface area contributed by atoms with Gasteiger partial charge in [0.15, 0.2) is 0 Å². The quantitative estimate of drug-likeness (QED) is 0.818. The van der Waals surface area contributed by atoms with Crippen LogP contribution in [0.3, 0.4) is 0 Å². The van der Waals surface area contributed by atoms with Crippen molar-refractivity contribution >= 4 is 0 Å². The Hall–Kier alpha value is -1.23. The van der Waals surface area contributed by atoms with Gasteiger partial charge in [0.2, 0.25) is 0 Å². The second-order valence-electron chi connectivity index (χ2n) is 3.36. The number of aryl methyl sites for hydroxylation is 1. The van der Waals surface area contributed by atoms with Crippen molar-refractivity contribution in [3.05, 3.63) is 29.8 Å². The lowest BCUT2D eigenvalue weighted by Gasteiger charge is -2.15. The van der Waals surface area contributed by atoms with Gasteiger partial charge >= 0.3 is 6.18 Å². The van der Waals surface area contributed by atoms with E-state index in [1.165, 1.54) is 12.1 Å². The molecule has 0 aromatic heterocycles. The Balaban J connectivity index is 2.51. The molecule has 0 aliphatic heterocycles. The van der Waals surface area contributed by atoms with Gasteiger partial charge in [-0.15, -0.1) is 0 Å². The van der Waals surface area contributed by atoms with Crippen molar-refractivity contribution in [3.63, 3.8) is 0 Å². The molecule has 0 amide bonds. The number of aromatic hydroxyl groups is 1. The average molecular weight is 219 g/mol. The Morgan fingerprint density at radius 1 is 1.33 bits per heavy atom. The molecule has 0 saturated heterocycles. The van der Waals surface area contributed by atoms with E-state index in [0.717, 1.165) is 0 Å². The zero-order valence-electron chi connectivity index (χ0n) is 7.96. The summed E-state index contributed by atoms with van der Waals surface area (Å²) in [6.45, 7) is 0. The molecule has 0 heterocycles. The number of alkyl halides is 3. The van der Waals surface area contributed by atoms with E-state index in [2.05, 4.69) is 0 Å². The third-order valence-corrected chi connectivity index (χ3v) is 2.08. The molecular formula is C10H12F3NO. The summed E-state index contributed by atoms with van der Waals surface area (Å²) in [4.78, 5) is 0. The van der Waals surface area contributed by atoms with Crippen LogP contribution < -0.4 is 5.73 Å². The maximum atomic E-state index is 12.1. The van der Waals surface area contributed by atoms with E-state index in [-0.39, 0.29) is 18.6 Å². The van der Waals surface area contributed by atoms with Crippen LogP contribution in [-0.4, -0.2) is 17.3 Å². The van der Waals surface area contributed by atoms with Gasteiger partial charge in [0.25, 0.3) is 0 Å². The lowest BCUT2D eigenvalue weighted by atomic mass is 10.1. The number of halogens is 3. The highest BCUT2D eigenvalue weighted by Gasteiger charge is 2.35. The molecule has 0 saturated carbocycles. The van der Waals surface area contributed by atoms with Crippen molar-refractivity contribution in [1.29, 1.82) is 0 Å². The van der Waals surface area contributed by atoms with Gasteiger partial charge in [-0.05, 0) is 30.5 Å². The Bertz CT molecular complexity index is 325. The highest BCUT2D eigenvalue weighted by atomic mass is 19.4. The topological polar surface area (TPSA) is 46.2 Å². The zero-order valence-corrected chi connectivity index (χ0v) is 7.96. The first kappa shape index (κ1) is 11.8. The minimum absolute atomic E-state index is 0.0491. The molecule has 1 aromatic carbocycles. The Labute approximate surface area is 85.5 Å². The second kappa shape index (κ2) is 4.53.